The van der Waals surface area contributed by atoms with Crippen LogP contribution in [0.15, 0.2) is 41.1 Å². The van der Waals surface area contributed by atoms with E-state index in [4.69, 9.17) is 11.5 Å². The van der Waals surface area contributed by atoms with E-state index in [-0.39, 0.29) is 12.5 Å². The van der Waals surface area contributed by atoms with E-state index in [1.165, 1.54) is 16.2 Å². The summed E-state index contributed by atoms with van der Waals surface area (Å²) in [4.78, 5) is 24.9. The van der Waals surface area contributed by atoms with Crippen LogP contribution in [0.5, 0.6) is 0 Å². The SMILES string of the molecule is NC(=O)CN(Cc1ccc(N)cc1)C(=O)c1ccsc1. The minimum Gasteiger partial charge on any atom is -0.399 e. The minimum atomic E-state index is -0.538. The van der Waals surface area contributed by atoms with E-state index in [0.717, 1.165) is 5.56 Å². The zero-order valence-corrected chi connectivity index (χ0v) is 11.6. The third kappa shape index (κ3) is 3.58. The van der Waals surface area contributed by atoms with E-state index in [1.54, 1.807) is 23.6 Å². The van der Waals surface area contributed by atoms with Gasteiger partial charge in [-0.25, -0.2) is 0 Å². The summed E-state index contributed by atoms with van der Waals surface area (Å²) in [5, 5.41) is 3.57. The first kappa shape index (κ1) is 14.1. The number of carbonyl (C=O) groups is 2. The lowest BCUT2D eigenvalue weighted by Gasteiger charge is -2.21. The van der Waals surface area contributed by atoms with E-state index in [0.29, 0.717) is 17.8 Å². The molecule has 1 heterocycles. The topological polar surface area (TPSA) is 89.4 Å². The van der Waals surface area contributed by atoms with Gasteiger partial charge in [0.15, 0.2) is 0 Å². The lowest BCUT2D eigenvalue weighted by molar-refractivity contribution is -0.118. The Morgan fingerprint density at radius 2 is 1.85 bits per heavy atom. The molecule has 1 aromatic heterocycles. The Hall–Kier alpha value is -2.34. The number of amides is 2. The van der Waals surface area contributed by atoms with Crippen LogP contribution in [-0.2, 0) is 11.3 Å². The molecule has 5 nitrogen and oxygen atoms in total. The molecule has 104 valence electrons. The number of benzene rings is 1. The van der Waals surface area contributed by atoms with E-state index in [2.05, 4.69) is 0 Å². The third-order valence-corrected chi connectivity index (χ3v) is 3.44. The van der Waals surface area contributed by atoms with Gasteiger partial charge >= 0.3 is 0 Å². The van der Waals surface area contributed by atoms with Gasteiger partial charge < -0.3 is 16.4 Å². The fourth-order valence-corrected chi connectivity index (χ4v) is 2.43. The molecule has 0 aliphatic carbocycles. The number of anilines is 1. The number of hydrogen-bond donors (Lipinski definition) is 2. The molecule has 0 radical (unpaired) electrons. The first-order valence-electron chi connectivity index (χ1n) is 6.00. The lowest BCUT2D eigenvalue weighted by Crippen LogP contribution is -2.37. The second-order valence-electron chi connectivity index (χ2n) is 4.38. The zero-order chi connectivity index (χ0) is 14.5. The Balaban J connectivity index is 2.17. The van der Waals surface area contributed by atoms with Crippen LogP contribution in [0.2, 0.25) is 0 Å². The summed E-state index contributed by atoms with van der Waals surface area (Å²) in [6, 6.07) is 8.89. The van der Waals surface area contributed by atoms with Gasteiger partial charge in [0.25, 0.3) is 5.91 Å². The van der Waals surface area contributed by atoms with Crippen molar-refractivity contribution in [1.82, 2.24) is 4.90 Å². The van der Waals surface area contributed by atoms with Crippen molar-refractivity contribution in [2.45, 2.75) is 6.54 Å². The first-order chi connectivity index (χ1) is 9.56. The fraction of sp³-hybridized carbons (Fsp3) is 0.143. The molecule has 0 spiro atoms. The molecule has 0 saturated carbocycles. The number of rotatable bonds is 5. The quantitative estimate of drug-likeness (QED) is 0.816. The largest absolute Gasteiger partial charge is 0.399 e. The van der Waals surface area contributed by atoms with Crippen LogP contribution in [0, 0.1) is 0 Å². The van der Waals surface area contributed by atoms with Gasteiger partial charge in [0.1, 0.15) is 0 Å². The van der Waals surface area contributed by atoms with Crippen molar-refractivity contribution in [2.75, 3.05) is 12.3 Å². The molecule has 1 aromatic carbocycles. The molecule has 2 amide bonds. The predicted octanol–water partition coefficient (Wildman–Crippen LogP) is 1.46. The van der Waals surface area contributed by atoms with E-state index in [1.807, 2.05) is 17.5 Å². The van der Waals surface area contributed by atoms with Crippen molar-refractivity contribution in [3.05, 3.63) is 52.2 Å². The summed E-state index contributed by atoms with van der Waals surface area (Å²) in [7, 11) is 0. The zero-order valence-electron chi connectivity index (χ0n) is 10.8. The summed E-state index contributed by atoms with van der Waals surface area (Å²) in [6.45, 7) is 0.205. The third-order valence-electron chi connectivity index (χ3n) is 2.76. The number of nitrogen functional groups attached to an aromatic ring is 1. The predicted molar refractivity (Wildman–Crippen MR) is 79.1 cm³/mol. The highest BCUT2D eigenvalue weighted by Gasteiger charge is 2.18. The lowest BCUT2D eigenvalue weighted by atomic mass is 10.2. The Labute approximate surface area is 120 Å². The Morgan fingerprint density at radius 1 is 1.15 bits per heavy atom. The van der Waals surface area contributed by atoms with Gasteiger partial charge in [-0.15, -0.1) is 0 Å². The van der Waals surface area contributed by atoms with Crippen LogP contribution in [0.25, 0.3) is 0 Å². The summed E-state index contributed by atoms with van der Waals surface area (Å²) in [5.41, 5.74) is 12.9. The molecular formula is C14H15N3O2S. The van der Waals surface area contributed by atoms with Gasteiger partial charge in [0, 0.05) is 17.6 Å². The Morgan fingerprint density at radius 3 is 2.40 bits per heavy atom. The molecule has 0 unspecified atom stereocenters. The van der Waals surface area contributed by atoms with Crippen LogP contribution in [0.4, 0.5) is 5.69 Å². The van der Waals surface area contributed by atoms with E-state index >= 15 is 0 Å². The maximum Gasteiger partial charge on any atom is 0.255 e. The number of carbonyl (C=O) groups excluding carboxylic acids is 2. The summed E-state index contributed by atoms with van der Waals surface area (Å²) < 4.78 is 0. The van der Waals surface area contributed by atoms with Gasteiger partial charge in [-0.3, -0.25) is 9.59 Å². The van der Waals surface area contributed by atoms with E-state index < -0.39 is 5.91 Å². The van der Waals surface area contributed by atoms with Crippen LogP contribution < -0.4 is 11.5 Å². The molecule has 0 saturated heterocycles. The highest BCUT2D eigenvalue weighted by molar-refractivity contribution is 7.08. The maximum absolute atomic E-state index is 12.3. The van der Waals surface area contributed by atoms with Gasteiger partial charge in [-0.1, -0.05) is 12.1 Å². The second-order valence-corrected chi connectivity index (χ2v) is 5.16. The first-order valence-corrected chi connectivity index (χ1v) is 6.95. The maximum atomic E-state index is 12.3. The number of nitrogens with zero attached hydrogens (tertiary/aromatic N) is 1. The molecule has 0 fully saturated rings. The minimum absolute atomic E-state index is 0.112. The number of primary amides is 1. The van der Waals surface area contributed by atoms with Crippen molar-refractivity contribution in [3.8, 4) is 0 Å². The summed E-state index contributed by atoms with van der Waals surface area (Å²) in [5.74, 6) is -0.745. The van der Waals surface area contributed by atoms with E-state index in [9.17, 15) is 9.59 Å². The molecule has 6 heteroatoms. The molecule has 4 N–H and O–H groups in total. The van der Waals surface area contributed by atoms with Crippen LogP contribution >= 0.6 is 11.3 Å². The van der Waals surface area contributed by atoms with Gasteiger partial charge in [-0.2, -0.15) is 11.3 Å². The molecule has 2 rings (SSSR count). The molecule has 0 aliphatic rings. The van der Waals surface area contributed by atoms with Gasteiger partial charge in [0.05, 0.1) is 12.1 Å². The highest BCUT2D eigenvalue weighted by atomic mass is 32.1. The summed E-state index contributed by atoms with van der Waals surface area (Å²) in [6.07, 6.45) is 0. The van der Waals surface area contributed by atoms with Crippen LogP contribution in [0.3, 0.4) is 0 Å². The average molecular weight is 289 g/mol. The van der Waals surface area contributed by atoms with Crippen molar-refractivity contribution in [2.24, 2.45) is 5.73 Å². The molecule has 0 aliphatic heterocycles. The van der Waals surface area contributed by atoms with Crippen molar-refractivity contribution < 1.29 is 9.59 Å². The van der Waals surface area contributed by atoms with Gasteiger partial charge in [0.2, 0.25) is 5.91 Å². The number of nitrogens with two attached hydrogens (primary N) is 2. The smallest absolute Gasteiger partial charge is 0.255 e. The van der Waals surface area contributed by atoms with Crippen LogP contribution in [-0.4, -0.2) is 23.3 Å². The standard InChI is InChI=1S/C14H15N3O2S/c15-12-3-1-10(2-4-12)7-17(8-13(16)18)14(19)11-5-6-20-9-11/h1-6,9H,7-8,15H2,(H2,16,18). The molecule has 20 heavy (non-hydrogen) atoms. The molecule has 0 atom stereocenters. The van der Waals surface area contributed by atoms with Crippen molar-refractivity contribution >= 4 is 28.8 Å². The average Bonchev–Trinajstić information content (AvgIpc) is 2.93. The molecule has 0 bridgehead atoms. The Kier molecular flexibility index (Phi) is 4.37. The monoisotopic (exact) mass is 289 g/mol. The normalized spacial score (nSPS) is 10.2. The van der Waals surface area contributed by atoms with Crippen molar-refractivity contribution in [1.29, 1.82) is 0 Å². The van der Waals surface area contributed by atoms with Gasteiger partial charge in [-0.05, 0) is 29.1 Å². The summed E-state index contributed by atoms with van der Waals surface area (Å²) >= 11 is 1.43. The fourth-order valence-electron chi connectivity index (χ4n) is 1.80. The number of thiophene rings is 1. The van der Waals surface area contributed by atoms with Crippen molar-refractivity contribution in [3.63, 3.8) is 0 Å². The van der Waals surface area contributed by atoms with Crippen LogP contribution in [0.1, 0.15) is 15.9 Å². The highest BCUT2D eigenvalue weighted by Crippen LogP contribution is 2.13. The molecule has 2 aromatic rings. The molecular weight excluding hydrogens is 274 g/mol. The Bertz CT molecular complexity index is 593. The number of hydrogen-bond acceptors (Lipinski definition) is 4. The second kappa shape index (κ2) is 6.21.